The van der Waals surface area contributed by atoms with Crippen molar-refractivity contribution in [1.82, 2.24) is 4.90 Å². The van der Waals surface area contributed by atoms with Crippen molar-refractivity contribution in [3.63, 3.8) is 0 Å². The Bertz CT molecular complexity index is 584. The normalized spacial score (nSPS) is 16.2. The van der Waals surface area contributed by atoms with Crippen LogP contribution in [0.2, 0.25) is 0 Å². The number of carbonyl (C=O) groups is 2. The smallest absolute Gasteiger partial charge is 0.293 e. The molecule has 8 heteroatoms. The average Bonchev–Trinajstić information content (AvgIpc) is 2.42. The van der Waals surface area contributed by atoms with Crippen molar-refractivity contribution >= 4 is 23.2 Å². The zero-order valence-corrected chi connectivity index (χ0v) is 11.5. The minimum absolute atomic E-state index is 0.0222. The zero-order chi connectivity index (χ0) is 15.6. The molecule has 1 aromatic rings. The number of imide groups is 1. The van der Waals surface area contributed by atoms with Gasteiger partial charge in [-0.1, -0.05) is 19.1 Å². The molecule has 21 heavy (non-hydrogen) atoms. The average molecular weight is 292 g/mol. The summed E-state index contributed by atoms with van der Waals surface area (Å²) >= 11 is 0. The number of nitrogens with zero attached hydrogens (tertiary/aromatic N) is 2. The zero-order valence-electron chi connectivity index (χ0n) is 11.5. The first-order valence-electron chi connectivity index (χ1n) is 6.50. The number of nitrogen functional groups attached to an aromatic ring is 1. The van der Waals surface area contributed by atoms with Crippen LogP contribution in [0.15, 0.2) is 18.2 Å². The summed E-state index contributed by atoms with van der Waals surface area (Å²) in [5.41, 5.74) is 2.63. The molecule has 0 saturated carbocycles. The third kappa shape index (κ3) is 3.00. The van der Waals surface area contributed by atoms with Crippen molar-refractivity contribution < 1.29 is 14.5 Å². The molecule has 1 saturated heterocycles. The summed E-state index contributed by atoms with van der Waals surface area (Å²) in [5, 5.41) is 11.0. The van der Waals surface area contributed by atoms with Gasteiger partial charge in [0.25, 0.3) is 5.69 Å². The van der Waals surface area contributed by atoms with Gasteiger partial charge in [0, 0.05) is 24.5 Å². The van der Waals surface area contributed by atoms with Crippen LogP contribution in [0, 0.1) is 16.0 Å². The number of hydrogen-bond acceptors (Lipinski definition) is 6. The quantitative estimate of drug-likeness (QED) is 0.372. The van der Waals surface area contributed by atoms with Crippen molar-refractivity contribution in [2.75, 3.05) is 5.43 Å². The number of rotatable bonds is 4. The number of amides is 2. The lowest BCUT2D eigenvalue weighted by Gasteiger charge is -2.28. The molecule has 1 heterocycles. The number of hydrogen-bond donors (Lipinski definition) is 2. The van der Waals surface area contributed by atoms with Crippen LogP contribution >= 0.6 is 0 Å². The number of nitro groups is 1. The van der Waals surface area contributed by atoms with E-state index in [0.717, 1.165) is 4.90 Å². The molecule has 0 unspecified atom stereocenters. The van der Waals surface area contributed by atoms with Crippen LogP contribution < -0.4 is 11.3 Å². The van der Waals surface area contributed by atoms with Gasteiger partial charge in [0.1, 0.15) is 5.69 Å². The monoisotopic (exact) mass is 292 g/mol. The summed E-state index contributed by atoms with van der Waals surface area (Å²) in [6.07, 6.45) is 0.595. The standard InChI is InChI=1S/C13H16N4O4/c1-8-5-11(18)16(12(19)6-8)7-9-3-2-4-10(17(20)21)13(9)15-14/h2-4,8,15H,5-7,14H2,1H3. The molecule has 1 aliphatic rings. The van der Waals surface area contributed by atoms with E-state index in [1.54, 1.807) is 6.07 Å². The van der Waals surface area contributed by atoms with Gasteiger partial charge in [-0.2, -0.15) is 0 Å². The summed E-state index contributed by atoms with van der Waals surface area (Å²) in [5.74, 6) is 4.83. The number of nitrogens with two attached hydrogens (primary N) is 1. The third-order valence-electron chi connectivity index (χ3n) is 3.45. The Kier molecular flexibility index (Phi) is 4.18. The lowest BCUT2D eigenvalue weighted by molar-refractivity contribution is -0.384. The number of anilines is 1. The van der Waals surface area contributed by atoms with E-state index in [2.05, 4.69) is 5.43 Å². The Labute approximate surface area is 121 Å². The Hall–Kier alpha value is -2.48. The van der Waals surface area contributed by atoms with Crippen LogP contribution in [0.25, 0.3) is 0 Å². The van der Waals surface area contributed by atoms with Gasteiger partial charge in [0.05, 0.1) is 11.5 Å². The van der Waals surface area contributed by atoms with Gasteiger partial charge in [-0.15, -0.1) is 0 Å². The Morgan fingerprint density at radius 2 is 2.00 bits per heavy atom. The fraction of sp³-hybridized carbons (Fsp3) is 0.385. The second-order valence-corrected chi connectivity index (χ2v) is 5.10. The first kappa shape index (κ1) is 14.9. The van der Waals surface area contributed by atoms with E-state index < -0.39 is 4.92 Å². The van der Waals surface area contributed by atoms with Crippen molar-refractivity contribution in [3.05, 3.63) is 33.9 Å². The molecule has 0 aromatic heterocycles. The van der Waals surface area contributed by atoms with E-state index in [1.807, 2.05) is 6.92 Å². The number of piperidine rings is 1. The van der Waals surface area contributed by atoms with E-state index >= 15 is 0 Å². The van der Waals surface area contributed by atoms with Gasteiger partial charge >= 0.3 is 0 Å². The number of nitrogens with one attached hydrogen (secondary N) is 1. The van der Waals surface area contributed by atoms with Crippen LogP contribution in [-0.2, 0) is 16.1 Å². The lowest BCUT2D eigenvalue weighted by atomic mass is 9.97. The van der Waals surface area contributed by atoms with E-state index in [1.165, 1.54) is 12.1 Å². The first-order valence-corrected chi connectivity index (χ1v) is 6.50. The molecule has 1 aromatic carbocycles. The van der Waals surface area contributed by atoms with Gasteiger partial charge in [0.15, 0.2) is 0 Å². The molecule has 2 amide bonds. The highest BCUT2D eigenvalue weighted by Crippen LogP contribution is 2.30. The molecule has 8 nitrogen and oxygen atoms in total. The van der Waals surface area contributed by atoms with Gasteiger partial charge < -0.3 is 5.43 Å². The predicted octanol–water partition coefficient (Wildman–Crippen LogP) is 1.17. The Morgan fingerprint density at radius 3 is 2.52 bits per heavy atom. The van der Waals surface area contributed by atoms with Crippen LogP contribution in [0.3, 0.4) is 0 Å². The van der Waals surface area contributed by atoms with Gasteiger partial charge in [-0.3, -0.25) is 30.4 Å². The first-order chi connectivity index (χ1) is 9.93. The molecule has 1 aliphatic heterocycles. The fourth-order valence-corrected chi connectivity index (χ4v) is 2.41. The summed E-state index contributed by atoms with van der Waals surface area (Å²) in [6, 6.07) is 4.40. The minimum Gasteiger partial charge on any atom is -0.318 e. The second-order valence-electron chi connectivity index (χ2n) is 5.10. The molecule has 2 rings (SSSR count). The van der Waals surface area contributed by atoms with Crippen molar-refractivity contribution in [1.29, 1.82) is 0 Å². The van der Waals surface area contributed by atoms with E-state index in [0.29, 0.717) is 18.4 Å². The third-order valence-corrected chi connectivity index (χ3v) is 3.45. The molecule has 0 aliphatic carbocycles. The summed E-state index contributed by atoms with van der Waals surface area (Å²) in [7, 11) is 0. The molecule has 0 radical (unpaired) electrons. The van der Waals surface area contributed by atoms with Crippen LogP contribution in [-0.4, -0.2) is 21.6 Å². The maximum Gasteiger partial charge on any atom is 0.293 e. The number of likely N-dealkylation sites (tertiary alicyclic amines) is 1. The molecule has 112 valence electrons. The highest BCUT2D eigenvalue weighted by atomic mass is 16.6. The summed E-state index contributed by atoms with van der Waals surface area (Å²) in [6.45, 7) is 1.82. The molecule has 0 atom stereocenters. The number of hydrazine groups is 1. The van der Waals surface area contributed by atoms with Gasteiger partial charge in [-0.05, 0) is 5.92 Å². The van der Waals surface area contributed by atoms with E-state index in [-0.39, 0.29) is 35.7 Å². The van der Waals surface area contributed by atoms with Crippen molar-refractivity contribution in [2.45, 2.75) is 26.3 Å². The van der Waals surface area contributed by atoms with Crippen LogP contribution in [0.5, 0.6) is 0 Å². The molecular formula is C13H16N4O4. The van der Waals surface area contributed by atoms with Gasteiger partial charge in [-0.25, -0.2) is 0 Å². The van der Waals surface area contributed by atoms with E-state index in [4.69, 9.17) is 5.84 Å². The number of nitro benzene ring substituents is 1. The molecule has 0 bridgehead atoms. The van der Waals surface area contributed by atoms with E-state index in [9.17, 15) is 19.7 Å². The fourth-order valence-electron chi connectivity index (χ4n) is 2.41. The SMILES string of the molecule is CC1CC(=O)N(Cc2cccc([N+](=O)[O-])c2NN)C(=O)C1. The topological polar surface area (TPSA) is 119 Å². The molecule has 0 spiro atoms. The largest absolute Gasteiger partial charge is 0.318 e. The molecule has 3 N–H and O–H groups in total. The lowest BCUT2D eigenvalue weighted by Crippen LogP contribution is -2.42. The second kappa shape index (κ2) is 5.88. The maximum absolute atomic E-state index is 12.0. The predicted molar refractivity (Wildman–Crippen MR) is 74.9 cm³/mol. The highest BCUT2D eigenvalue weighted by molar-refractivity contribution is 5.98. The summed E-state index contributed by atoms with van der Waals surface area (Å²) < 4.78 is 0. The number of para-hydroxylation sites is 1. The number of benzene rings is 1. The summed E-state index contributed by atoms with van der Waals surface area (Å²) in [4.78, 5) is 35.4. The Morgan fingerprint density at radius 1 is 1.38 bits per heavy atom. The van der Waals surface area contributed by atoms with Crippen molar-refractivity contribution in [2.24, 2.45) is 11.8 Å². The van der Waals surface area contributed by atoms with Gasteiger partial charge in [0.2, 0.25) is 11.8 Å². The molecular weight excluding hydrogens is 276 g/mol. The minimum atomic E-state index is -0.569. The van der Waals surface area contributed by atoms with Crippen LogP contribution in [0.1, 0.15) is 25.3 Å². The maximum atomic E-state index is 12.0. The molecule has 1 fully saturated rings. The number of carbonyl (C=O) groups excluding carboxylic acids is 2. The highest BCUT2D eigenvalue weighted by Gasteiger charge is 2.31. The van der Waals surface area contributed by atoms with Crippen molar-refractivity contribution in [3.8, 4) is 0 Å². The Balaban J connectivity index is 2.31. The van der Waals surface area contributed by atoms with Crippen LogP contribution in [0.4, 0.5) is 11.4 Å².